The third-order valence-electron chi connectivity index (χ3n) is 3.09. The van der Waals surface area contributed by atoms with Gasteiger partial charge in [-0.25, -0.2) is 9.97 Å². The summed E-state index contributed by atoms with van der Waals surface area (Å²) in [6, 6.07) is 3.83. The fourth-order valence-corrected chi connectivity index (χ4v) is 2.97. The van der Waals surface area contributed by atoms with Crippen LogP contribution in [-0.2, 0) is 12.8 Å². The number of hydrogen-bond acceptors (Lipinski definition) is 5. The number of nitrogens with zero attached hydrogens (tertiary/aromatic N) is 2. The van der Waals surface area contributed by atoms with Crippen molar-refractivity contribution in [1.29, 1.82) is 0 Å². The van der Waals surface area contributed by atoms with Gasteiger partial charge in [0, 0.05) is 23.5 Å². The zero-order chi connectivity index (χ0) is 12.6. The van der Waals surface area contributed by atoms with Crippen molar-refractivity contribution >= 4 is 23.2 Å². The molecule has 0 radical (unpaired) electrons. The Hall–Kier alpha value is -1.72. The molecule has 0 aromatic carbocycles. The molecule has 92 valence electrons. The van der Waals surface area contributed by atoms with Gasteiger partial charge in [-0.05, 0) is 24.1 Å². The lowest BCUT2D eigenvalue weighted by molar-refractivity contribution is 0.516. The van der Waals surface area contributed by atoms with Crippen LogP contribution in [0.3, 0.4) is 0 Å². The maximum atomic E-state index is 6.42. The van der Waals surface area contributed by atoms with E-state index in [0.717, 1.165) is 29.1 Å². The first-order chi connectivity index (χ1) is 8.65. The molecule has 2 heterocycles. The van der Waals surface area contributed by atoms with Gasteiger partial charge in [0.15, 0.2) is 0 Å². The number of nitrogen functional groups attached to an aromatic ring is 1. The minimum atomic E-state index is -0.372. The third-order valence-corrected chi connectivity index (χ3v) is 3.87. The Bertz CT molecular complexity index is 591. The second-order valence-corrected chi connectivity index (χ2v) is 5.61. The SMILES string of the molecule is Nc1ccc2c(n1)C=CC(N)(Cc1nccs1)C2. The van der Waals surface area contributed by atoms with E-state index in [0.29, 0.717) is 5.82 Å². The number of rotatable bonds is 2. The first kappa shape index (κ1) is 11.4. The molecule has 0 fully saturated rings. The average molecular weight is 258 g/mol. The Morgan fingerprint density at radius 1 is 1.39 bits per heavy atom. The van der Waals surface area contributed by atoms with Crippen LogP contribution in [-0.4, -0.2) is 15.5 Å². The Morgan fingerprint density at radius 3 is 3.06 bits per heavy atom. The van der Waals surface area contributed by atoms with Gasteiger partial charge in [0.25, 0.3) is 0 Å². The normalized spacial score (nSPS) is 21.8. The summed E-state index contributed by atoms with van der Waals surface area (Å²) in [6.45, 7) is 0. The first-order valence-electron chi connectivity index (χ1n) is 5.77. The Morgan fingerprint density at radius 2 is 2.28 bits per heavy atom. The highest BCUT2D eigenvalue weighted by molar-refractivity contribution is 7.09. The number of thiazole rings is 1. The molecule has 2 aromatic rings. The van der Waals surface area contributed by atoms with Gasteiger partial charge in [-0.15, -0.1) is 11.3 Å². The van der Waals surface area contributed by atoms with E-state index >= 15 is 0 Å². The number of anilines is 1. The molecule has 0 saturated carbocycles. The van der Waals surface area contributed by atoms with E-state index in [-0.39, 0.29) is 5.54 Å². The Labute approximate surface area is 109 Å². The van der Waals surface area contributed by atoms with Crippen LogP contribution < -0.4 is 11.5 Å². The van der Waals surface area contributed by atoms with Crippen molar-refractivity contribution in [2.45, 2.75) is 18.4 Å². The quantitative estimate of drug-likeness (QED) is 0.858. The lowest BCUT2D eigenvalue weighted by atomic mass is 9.84. The van der Waals surface area contributed by atoms with E-state index in [2.05, 4.69) is 9.97 Å². The standard InChI is InChI=1S/C13H14N4S/c14-11-2-1-9-7-13(15,4-3-10(9)17-11)8-12-16-5-6-18-12/h1-6H,7-8,15H2,(H2,14,17). The molecule has 1 atom stereocenters. The minimum absolute atomic E-state index is 0.372. The molecule has 1 unspecified atom stereocenters. The number of fused-ring (bicyclic) bond motifs is 1. The van der Waals surface area contributed by atoms with Crippen molar-refractivity contribution in [2.75, 3.05) is 5.73 Å². The van der Waals surface area contributed by atoms with Gasteiger partial charge in [-0.2, -0.15) is 0 Å². The summed E-state index contributed by atoms with van der Waals surface area (Å²) in [5, 5.41) is 3.04. The van der Waals surface area contributed by atoms with Gasteiger partial charge in [0.05, 0.1) is 10.7 Å². The van der Waals surface area contributed by atoms with Crippen LogP contribution in [0.5, 0.6) is 0 Å². The van der Waals surface area contributed by atoms with Crippen molar-refractivity contribution in [3.8, 4) is 0 Å². The van der Waals surface area contributed by atoms with Crippen LogP contribution in [0.2, 0.25) is 0 Å². The summed E-state index contributed by atoms with van der Waals surface area (Å²) in [7, 11) is 0. The molecule has 0 spiro atoms. The Kier molecular flexibility index (Phi) is 2.65. The second kappa shape index (κ2) is 4.19. The molecular formula is C13H14N4S. The zero-order valence-electron chi connectivity index (χ0n) is 9.84. The molecule has 5 heteroatoms. The largest absolute Gasteiger partial charge is 0.384 e. The molecule has 0 aliphatic heterocycles. The Balaban J connectivity index is 1.88. The molecule has 18 heavy (non-hydrogen) atoms. The van der Waals surface area contributed by atoms with Crippen LogP contribution in [0.4, 0.5) is 5.82 Å². The van der Waals surface area contributed by atoms with E-state index in [4.69, 9.17) is 11.5 Å². The molecule has 0 bridgehead atoms. The summed E-state index contributed by atoms with van der Waals surface area (Å²) < 4.78 is 0. The fourth-order valence-electron chi connectivity index (χ4n) is 2.21. The first-order valence-corrected chi connectivity index (χ1v) is 6.64. The minimum Gasteiger partial charge on any atom is -0.384 e. The predicted molar refractivity (Wildman–Crippen MR) is 74.1 cm³/mol. The zero-order valence-corrected chi connectivity index (χ0v) is 10.7. The maximum Gasteiger partial charge on any atom is 0.124 e. The topological polar surface area (TPSA) is 77.8 Å². The van der Waals surface area contributed by atoms with Gasteiger partial charge in [-0.1, -0.05) is 12.1 Å². The molecule has 1 aliphatic rings. The smallest absolute Gasteiger partial charge is 0.124 e. The van der Waals surface area contributed by atoms with Gasteiger partial charge in [0.2, 0.25) is 0 Å². The highest BCUT2D eigenvalue weighted by Gasteiger charge is 2.28. The summed E-state index contributed by atoms with van der Waals surface area (Å²) in [5.41, 5.74) is 13.8. The second-order valence-electron chi connectivity index (χ2n) is 4.63. The predicted octanol–water partition coefficient (Wildman–Crippen LogP) is 1.63. The van der Waals surface area contributed by atoms with Crippen molar-refractivity contribution in [2.24, 2.45) is 5.73 Å². The van der Waals surface area contributed by atoms with E-state index in [1.54, 1.807) is 11.3 Å². The molecule has 4 nitrogen and oxygen atoms in total. The lowest BCUT2D eigenvalue weighted by Crippen LogP contribution is -2.43. The maximum absolute atomic E-state index is 6.42. The summed E-state index contributed by atoms with van der Waals surface area (Å²) in [5.74, 6) is 0.544. The van der Waals surface area contributed by atoms with E-state index < -0.39 is 0 Å². The van der Waals surface area contributed by atoms with Gasteiger partial charge < -0.3 is 11.5 Å². The van der Waals surface area contributed by atoms with Crippen LogP contribution in [0.25, 0.3) is 6.08 Å². The van der Waals surface area contributed by atoms with Crippen LogP contribution >= 0.6 is 11.3 Å². The van der Waals surface area contributed by atoms with Crippen LogP contribution in [0.15, 0.2) is 29.8 Å². The highest BCUT2D eigenvalue weighted by Crippen LogP contribution is 2.27. The fraction of sp³-hybridized carbons (Fsp3) is 0.231. The molecule has 1 aliphatic carbocycles. The molecule has 0 amide bonds. The molecule has 4 N–H and O–H groups in total. The van der Waals surface area contributed by atoms with Crippen molar-refractivity contribution in [3.63, 3.8) is 0 Å². The monoisotopic (exact) mass is 258 g/mol. The van der Waals surface area contributed by atoms with Crippen LogP contribution in [0.1, 0.15) is 16.3 Å². The summed E-state index contributed by atoms with van der Waals surface area (Å²) in [6.07, 6.45) is 7.31. The van der Waals surface area contributed by atoms with Gasteiger partial charge >= 0.3 is 0 Å². The molecular weight excluding hydrogens is 244 g/mol. The molecule has 0 saturated heterocycles. The van der Waals surface area contributed by atoms with E-state index in [1.807, 2.05) is 35.9 Å². The number of aromatic nitrogens is 2. The molecule has 2 aromatic heterocycles. The molecule has 3 rings (SSSR count). The van der Waals surface area contributed by atoms with Gasteiger partial charge in [0.1, 0.15) is 5.82 Å². The average Bonchev–Trinajstić information content (AvgIpc) is 2.82. The van der Waals surface area contributed by atoms with Crippen molar-refractivity contribution < 1.29 is 0 Å². The van der Waals surface area contributed by atoms with Gasteiger partial charge in [-0.3, -0.25) is 0 Å². The van der Waals surface area contributed by atoms with Crippen molar-refractivity contribution in [1.82, 2.24) is 9.97 Å². The number of hydrogen-bond donors (Lipinski definition) is 2. The number of pyridine rings is 1. The van der Waals surface area contributed by atoms with Crippen molar-refractivity contribution in [3.05, 3.63) is 46.1 Å². The lowest BCUT2D eigenvalue weighted by Gasteiger charge is -2.29. The van der Waals surface area contributed by atoms with Crippen LogP contribution in [0, 0.1) is 0 Å². The summed E-state index contributed by atoms with van der Waals surface area (Å²) in [4.78, 5) is 8.59. The number of nitrogens with two attached hydrogens (primary N) is 2. The van der Waals surface area contributed by atoms with E-state index in [9.17, 15) is 0 Å². The highest BCUT2D eigenvalue weighted by atomic mass is 32.1. The summed E-state index contributed by atoms with van der Waals surface area (Å²) >= 11 is 1.64. The van der Waals surface area contributed by atoms with E-state index in [1.165, 1.54) is 0 Å². The third kappa shape index (κ3) is 2.14.